The van der Waals surface area contributed by atoms with Crippen LogP contribution in [0.2, 0.25) is 0 Å². The van der Waals surface area contributed by atoms with Crippen molar-refractivity contribution in [3.05, 3.63) is 41.6 Å². The molecule has 2 aliphatic rings. The van der Waals surface area contributed by atoms with Gasteiger partial charge in [0.25, 0.3) is 5.91 Å². The van der Waals surface area contributed by atoms with Gasteiger partial charge in [0.05, 0.1) is 10.5 Å². The second kappa shape index (κ2) is 9.54. The summed E-state index contributed by atoms with van der Waals surface area (Å²) in [6.45, 7) is 3.15. The van der Waals surface area contributed by atoms with E-state index in [1.165, 1.54) is 28.6 Å². The average Bonchev–Trinajstić information content (AvgIpc) is 3.29. The van der Waals surface area contributed by atoms with Crippen LogP contribution in [-0.4, -0.2) is 55.7 Å². The minimum atomic E-state index is -3.52. The fourth-order valence-corrected chi connectivity index (χ4v) is 5.25. The van der Waals surface area contributed by atoms with E-state index >= 15 is 0 Å². The normalized spacial score (nSPS) is 17.6. The van der Waals surface area contributed by atoms with Crippen molar-refractivity contribution >= 4 is 21.9 Å². The summed E-state index contributed by atoms with van der Waals surface area (Å²) in [5, 5.41) is 0. The predicted octanol–water partition coefficient (Wildman–Crippen LogP) is 2.93. The molecule has 0 saturated carbocycles. The van der Waals surface area contributed by atoms with Crippen molar-refractivity contribution in [3.63, 3.8) is 0 Å². The number of sulfonamides is 1. The number of nitrogens with zero attached hydrogens (tertiary/aromatic N) is 2. The molecule has 1 aliphatic heterocycles. The van der Waals surface area contributed by atoms with Crippen LogP contribution in [0, 0.1) is 0 Å². The molecule has 1 fully saturated rings. The number of allylic oxidation sites excluding steroid dienone is 2. The van der Waals surface area contributed by atoms with E-state index in [0.29, 0.717) is 19.6 Å². The Hall–Kier alpha value is -2.19. The largest absolute Gasteiger partial charge is 0.452 e. The van der Waals surface area contributed by atoms with Crippen LogP contribution in [-0.2, 0) is 19.6 Å². The van der Waals surface area contributed by atoms with Gasteiger partial charge in [-0.25, -0.2) is 13.2 Å². The maximum Gasteiger partial charge on any atom is 0.338 e. The molecule has 1 heterocycles. The number of carbonyl (C=O) groups is 2. The number of likely N-dealkylation sites (N-methyl/N-ethyl adjacent to an activating group) is 1. The summed E-state index contributed by atoms with van der Waals surface area (Å²) in [7, 11) is -3.52. The molecular formula is C21H28N2O5S. The van der Waals surface area contributed by atoms with E-state index in [1.54, 1.807) is 4.90 Å². The Kier molecular flexibility index (Phi) is 7.08. The van der Waals surface area contributed by atoms with Crippen LogP contribution in [0.5, 0.6) is 0 Å². The van der Waals surface area contributed by atoms with Gasteiger partial charge in [0.15, 0.2) is 6.61 Å². The minimum absolute atomic E-state index is 0.161. The first-order chi connectivity index (χ1) is 13.9. The molecule has 1 aliphatic carbocycles. The van der Waals surface area contributed by atoms with Gasteiger partial charge in [-0.05, 0) is 69.7 Å². The summed E-state index contributed by atoms with van der Waals surface area (Å²) in [5.74, 6) is -0.889. The molecule has 1 aromatic rings. The molecule has 0 aromatic heterocycles. The highest BCUT2D eigenvalue weighted by Crippen LogP contribution is 2.22. The molecule has 1 saturated heterocycles. The molecule has 0 N–H and O–H groups in total. The van der Waals surface area contributed by atoms with Crippen LogP contribution in [0.4, 0.5) is 0 Å². The molecule has 158 valence electrons. The number of amides is 1. The Bertz CT molecular complexity index is 871. The van der Waals surface area contributed by atoms with Crippen molar-refractivity contribution in [2.24, 2.45) is 0 Å². The standard InChI is InChI=1S/C21H28N2O5S/c1-2-23(18-8-4-3-5-9-18)20(24)16-28-21(25)17-10-12-19(13-11-17)29(26,27)22-14-6-7-15-22/h8,10-13H,2-7,9,14-16H2,1H3. The lowest BCUT2D eigenvalue weighted by atomic mass is 10.0. The van der Waals surface area contributed by atoms with Gasteiger partial charge in [-0.2, -0.15) is 4.31 Å². The first-order valence-electron chi connectivity index (χ1n) is 10.2. The highest BCUT2D eigenvalue weighted by Gasteiger charge is 2.27. The maximum absolute atomic E-state index is 12.5. The molecule has 0 spiro atoms. The Labute approximate surface area is 172 Å². The smallest absolute Gasteiger partial charge is 0.338 e. The number of hydrogen-bond acceptors (Lipinski definition) is 5. The summed E-state index contributed by atoms with van der Waals surface area (Å²) >= 11 is 0. The third-order valence-corrected chi connectivity index (χ3v) is 7.26. The monoisotopic (exact) mass is 420 g/mol. The lowest BCUT2D eigenvalue weighted by molar-refractivity contribution is -0.132. The average molecular weight is 421 g/mol. The molecule has 29 heavy (non-hydrogen) atoms. The van der Waals surface area contributed by atoms with Gasteiger partial charge < -0.3 is 9.64 Å². The summed E-state index contributed by atoms with van der Waals surface area (Å²) in [6.07, 6.45) is 7.82. The summed E-state index contributed by atoms with van der Waals surface area (Å²) < 4.78 is 31.7. The number of benzene rings is 1. The second-order valence-electron chi connectivity index (χ2n) is 7.29. The van der Waals surface area contributed by atoms with Gasteiger partial charge >= 0.3 is 5.97 Å². The summed E-state index contributed by atoms with van der Waals surface area (Å²) in [5.41, 5.74) is 1.22. The fourth-order valence-electron chi connectivity index (χ4n) is 3.74. The van der Waals surface area contributed by atoms with Crippen molar-refractivity contribution in [2.75, 3.05) is 26.2 Å². The quantitative estimate of drug-likeness (QED) is 0.633. The zero-order chi connectivity index (χ0) is 20.9. The van der Waals surface area contributed by atoms with Crippen LogP contribution >= 0.6 is 0 Å². The molecule has 1 aromatic carbocycles. The van der Waals surface area contributed by atoms with Gasteiger partial charge in [-0.1, -0.05) is 6.08 Å². The first kappa shape index (κ1) is 21.5. The zero-order valence-electron chi connectivity index (χ0n) is 16.8. The van der Waals surface area contributed by atoms with Crippen molar-refractivity contribution in [3.8, 4) is 0 Å². The van der Waals surface area contributed by atoms with E-state index in [4.69, 9.17) is 4.74 Å². The number of hydrogen-bond donors (Lipinski definition) is 0. The van der Waals surface area contributed by atoms with Crippen LogP contribution in [0.3, 0.4) is 0 Å². The maximum atomic E-state index is 12.5. The van der Waals surface area contributed by atoms with Crippen LogP contribution in [0.1, 0.15) is 55.8 Å². The molecular weight excluding hydrogens is 392 g/mol. The molecule has 0 radical (unpaired) electrons. The SMILES string of the molecule is CCN(C(=O)COC(=O)c1ccc(S(=O)(=O)N2CCCC2)cc1)C1=CCCCC1. The van der Waals surface area contributed by atoms with E-state index in [1.807, 2.05) is 6.92 Å². The third-order valence-electron chi connectivity index (χ3n) is 5.35. The first-order valence-corrected chi connectivity index (χ1v) is 11.6. The zero-order valence-corrected chi connectivity index (χ0v) is 17.6. The van der Waals surface area contributed by atoms with Gasteiger partial charge in [0.1, 0.15) is 0 Å². The molecule has 3 rings (SSSR count). The van der Waals surface area contributed by atoms with E-state index < -0.39 is 16.0 Å². The van der Waals surface area contributed by atoms with Crippen molar-refractivity contribution in [1.82, 2.24) is 9.21 Å². The third kappa shape index (κ3) is 5.05. The number of ether oxygens (including phenoxy) is 1. The van der Waals surface area contributed by atoms with Crippen molar-refractivity contribution < 1.29 is 22.7 Å². The number of carbonyl (C=O) groups excluding carboxylic acids is 2. The second-order valence-corrected chi connectivity index (χ2v) is 9.23. The lowest BCUT2D eigenvalue weighted by Crippen LogP contribution is -2.34. The van der Waals surface area contributed by atoms with Crippen LogP contribution in [0.15, 0.2) is 40.9 Å². The summed E-state index contributed by atoms with van der Waals surface area (Å²) in [6, 6.07) is 5.68. The Morgan fingerprint density at radius 3 is 2.34 bits per heavy atom. The Balaban J connectivity index is 1.59. The topological polar surface area (TPSA) is 84.0 Å². The molecule has 0 unspecified atom stereocenters. The Morgan fingerprint density at radius 1 is 1.07 bits per heavy atom. The molecule has 0 bridgehead atoms. The van der Waals surface area contributed by atoms with Gasteiger partial charge in [0.2, 0.25) is 10.0 Å². The number of esters is 1. The summed E-state index contributed by atoms with van der Waals surface area (Å²) in [4.78, 5) is 26.6. The predicted molar refractivity (Wildman–Crippen MR) is 109 cm³/mol. The molecule has 8 heteroatoms. The van der Waals surface area contributed by atoms with Gasteiger partial charge in [-0.15, -0.1) is 0 Å². The highest BCUT2D eigenvalue weighted by atomic mass is 32.2. The lowest BCUT2D eigenvalue weighted by Gasteiger charge is -2.26. The van der Waals surface area contributed by atoms with E-state index in [9.17, 15) is 18.0 Å². The number of rotatable bonds is 7. The fraction of sp³-hybridized carbons (Fsp3) is 0.524. The van der Waals surface area contributed by atoms with Crippen molar-refractivity contribution in [2.45, 2.75) is 50.3 Å². The van der Waals surface area contributed by atoms with Crippen LogP contribution in [0.25, 0.3) is 0 Å². The highest BCUT2D eigenvalue weighted by molar-refractivity contribution is 7.89. The van der Waals surface area contributed by atoms with Crippen molar-refractivity contribution in [1.29, 1.82) is 0 Å². The Morgan fingerprint density at radius 2 is 1.76 bits per heavy atom. The van der Waals surface area contributed by atoms with Crippen LogP contribution < -0.4 is 0 Å². The van der Waals surface area contributed by atoms with Gasteiger partial charge in [-0.3, -0.25) is 4.79 Å². The molecule has 1 amide bonds. The van der Waals surface area contributed by atoms with Gasteiger partial charge in [0, 0.05) is 25.3 Å². The van der Waals surface area contributed by atoms with E-state index in [0.717, 1.165) is 44.2 Å². The van der Waals surface area contributed by atoms with E-state index in [2.05, 4.69) is 6.08 Å². The molecule has 0 atom stereocenters. The molecule has 7 nitrogen and oxygen atoms in total. The minimum Gasteiger partial charge on any atom is -0.452 e. The van der Waals surface area contributed by atoms with E-state index in [-0.39, 0.29) is 23.0 Å².